The van der Waals surface area contributed by atoms with Gasteiger partial charge in [0.1, 0.15) is 0 Å². The highest BCUT2D eigenvalue weighted by Crippen LogP contribution is 2.35. The van der Waals surface area contributed by atoms with E-state index >= 15 is 0 Å². The van der Waals surface area contributed by atoms with Crippen molar-refractivity contribution in [3.8, 4) is 5.69 Å². The van der Waals surface area contributed by atoms with Crippen molar-refractivity contribution >= 4 is 28.5 Å². The number of carbonyl (C=O) groups is 1. The summed E-state index contributed by atoms with van der Waals surface area (Å²) < 4.78 is 1.89. The Hall–Kier alpha value is -3.06. The van der Waals surface area contributed by atoms with Crippen LogP contribution in [-0.4, -0.2) is 26.4 Å². The third-order valence-corrected chi connectivity index (χ3v) is 5.67. The van der Waals surface area contributed by atoms with Crippen LogP contribution in [0.1, 0.15) is 29.3 Å². The van der Waals surface area contributed by atoms with E-state index in [0.717, 1.165) is 29.1 Å². The minimum Gasteiger partial charge on any atom is -0.379 e. The first-order valence-electron chi connectivity index (χ1n) is 9.02. The summed E-state index contributed by atoms with van der Waals surface area (Å²) in [7, 11) is 0. The smallest absolute Gasteiger partial charge is 0.255 e. The van der Waals surface area contributed by atoms with Gasteiger partial charge in [0.25, 0.3) is 5.91 Å². The number of rotatable bonds is 4. The van der Waals surface area contributed by atoms with Crippen LogP contribution in [0.3, 0.4) is 0 Å². The molecule has 7 heteroatoms. The van der Waals surface area contributed by atoms with Gasteiger partial charge in [0, 0.05) is 35.1 Å². The number of nitrogens with zero attached hydrogens (tertiary/aromatic N) is 3. The number of nitrogens with two attached hydrogens (primary N) is 1. The maximum absolute atomic E-state index is 12.7. The summed E-state index contributed by atoms with van der Waals surface area (Å²) in [5, 5.41) is 3.59. The molecule has 28 heavy (non-hydrogen) atoms. The van der Waals surface area contributed by atoms with E-state index in [1.807, 2.05) is 47.2 Å². The molecule has 0 radical (unpaired) electrons. The molecule has 3 N–H and O–H groups in total. The summed E-state index contributed by atoms with van der Waals surface area (Å²) in [5.74, 6) is 0.785. The van der Waals surface area contributed by atoms with Crippen LogP contribution in [0.15, 0.2) is 72.2 Å². The Balaban J connectivity index is 1.51. The number of imidazole rings is 1. The molecule has 0 saturated carbocycles. The van der Waals surface area contributed by atoms with Crippen LogP contribution in [0.25, 0.3) is 5.69 Å². The number of aliphatic imine (C=N–C) groups is 1. The highest BCUT2D eigenvalue weighted by atomic mass is 32.2. The van der Waals surface area contributed by atoms with E-state index in [1.54, 1.807) is 36.4 Å². The Morgan fingerprint density at radius 1 is 1.25 bits per heavy atom. The molecule has 4 rings (SSSR count). The molecule has 1 aliphatic heterocycles. The number of carbonyl (C=O) groups excluding carboxylic acids is 1. The van der Waals surface area contributed by atoms with Crippen molar-refractivity contribution < 1.29 is 4.79 Å². The molecule has 2 aromatic carbocycles. The average Bonchev–Trinajstić information content (AvgIpc) is 3.23. The van der Waals surface area contributed by atoms with Gasteiger partial charge in [-0.3, -0.25) is 9.79 Å². The number of thioether (sulfide) groups is 1. The fourth-order valence-electron chi connectivity index (χ4n) is 3.23. The van der Waals surface area contributed by atoms with Gasteiger partial charge >= 0.3 is 0 Å². The van der Waals surface area contributed by atoms with E-state index < -0.39 is 0 Å². The zero-order valence-corrected chi connectivity index (χ0v) is 16.3. The van der Waals surface area contributed by atoms with Gasteiger partial charge in [0.05, 0.1) is 11.9 Å². The average molecular weight is 392 g/mol. The van der Waals surface area contributed by atoms with Crippen molar-refractivity contribution in [3.63, 3.8) is 0 Å². The third kappa shape index (κ3) is 3.80. The van der Waals surface area contributed by atoms with Crippen molar-refractivity contribution in [3.05, 3.63) is 78.4 Å². The predicted octanol–water partition coefficient (Wildman–Crippen LogP) is 3.79. The fraction of sp³-hybridized carbons (Fsp3) is 0.190. The van der Waals surface area contributed by atoms with Crippen LogP contribution >= 0.6 is 11.8 Å². The van der Waals surface area contributed by atoms with E-state index in [2.05, 4.69) is 22.2 Å². The first kappa shape index (κ1) is 18.3. The lowest BCUT2D eigenvalue weighted by Crippen LogP contribution is -2.28. The van der Waals surface area contributed by atoms with E-state index in [9.17, 15) is 4.79 Å². The molecule has 1 aromatic heterocycles. The van der Waals surface area contributed by atoms with Gasteiger partial charge in [-0.05, 0) is 55.3 Å². The summed E-state index contributed by atoms with van der Waals surface area (Å²) in [6.45, 7) is 2.08. The second-order valence-electron chi connectivity index (χ2n) is 6.87. The standard InChI is InChI=1S/C21H21N5OS/c1-21(9-12-28-20(22)25-21)16-3-2-4-17(13-16)24-19(27)15-5-7-18(8-6-15)26-11-10-23-14-26/h2-8,10-11,13-14H,9,12H2,1H3,(H2,22,25)(H,24,27). The first-order chi connectivity index (χ1) is 13.5. The minimum absolute atomic E-state index is 0.151. The maximum atomic E-state index is 12.7. The van der Waals surface area contributed by atoms with Crippen molar-refractivity contribution in [2.45, 2.75) is 18.9 Å². The number of hydrogen-bond donors (Lipinski definition) is 2. The molecule has 0 spiro atoms. The van der Waals surface area contributed by atoms with Gasteiger partial charge in [-0.1, -0.05) is 23.9 Å². The zero-order valence-electron chi connectivity index (χ0n) is 15.5. The largest absolute Gasteiger partial charge is 0.379 e. The zero-order chi connectivity index (χ0) is 19.6. The summed E-state index contributed by atoms with van der Waals surface area (Å²) >= 11 is 1.58. The molecule has 0 aliphatic carbocycles. The number of amides is 1. The lowest BCUT2D eigenvalue weighted by atomic mass is 9.89. The molecule has 1 atom stereocenters. The highest BCUT2D eigenvalue weighted by molar-refractivity contribution is 8.13. The van der Waals surface area contributed by atoms with E-state index in [0.29, 0.717) is 10.7 Å². The molecule has 0 saturated heterocycles. The van der Waals surface area contributed by atoms with Crippen molar-refractivity contribution in [1.82, 2.24) is 9.55 Å². The number of aromatic nitrogens is 2. The summed E-state index contributed by atoms with van der Waals surface area (Å²) in [5.41, 5.74) is 8.91. The summed E-state index contributed by atoms with van der Waals surface area (Å²) in [6, 6.07) is 15.2. The molecule has 1 amide bonds. The summed E-state index contributed by atoms with van der Waals surface area (Å²) in [6.07, 6.45) is 6.21. The van der Waals surface area contributed by atoms with E-state index in [1.165, 1.54) is 0 Å². The third-order valence-electron chi connectivity index (χ3n) is 4.87. The quantitative estimate of drug-likeness (QED) is 0.708. The minimum atomic E-state index is -0.359. The van der Waals surface area contributed by atoms with Crippen molar-refractivity contribution in [2.75, 3.05) is 11.1 Å². The Morgan fingerprint density at radius 2 is 2.07 bits per heavy atom. The number of nitrogens with one attached hydrogen (secondary N) is 1. The van der Waals surface area contributed by atoms with Gasteiger partial charge in [0.15, 0.2) is 5.17 Å². The van der Waals surface area contributed by atoms with Crippen LogP contribution in [0.4, 0.5) is 5.69 Å². The predicted molar refractivity (Wildman–Crippen MR) is 114 cm³/mol. The fourth-order valence-corrected chi connectivity index (χ4v) is 4.20. The van der Waals surface area contributed by atoms with E-state index in [4.69, 9.17) is 5.73 Å². The van der Waals surface area contributed by atoms with Crippen molar-refractivity contribution in [1.29, 1.82) is 0 Å². The molecular formula is C21H21N5OS. The SMILES string of the molecule is CC1(c2cccc(NC(=O)c3ccc(-n4ccnc4)cc3)c2)CCSC(N)=N1. The Kier molecular flexibility index (Phi) is 4.92. The topological polar surface area (TPSA) is 85.3 Å². The molecular weight excluding hydrogens is 370 g/mol. The molecule has 0 fully saturated rings. The molecule has 3 aromatic rings. The molecule has 2 heterocycles. The molecule has 0 bridgehead atoms. The Labute approximate surface area is 167 Å². The van der Waals surface area contributed by atoms with Gasteiger partial charge in [-0.2, -0.15) is 0 Å². The lowest BCUT2D eigenvalue weighted by Gasteiger charge is -2.30. The van der Waals surface area contributed by atoms with Crippen LogP contribution in [0.2, 0.25) is 0 Å². The second-order valence-corrected chi connectivity index (χ2v) is 7.99. The maximum Gasteiger partial charge on any atom is 0.255 e. The van der Waals surface area contributed by atoms with Crippen LogP contribution in [0, 0.1) is 0 Å². The number of benzene rings is 2. The second kappa shape index (κ2) is 7.52. The van der Waals surface area contributed by atoms with Crippen LogP contribution in [-0.2, 0) is 5.54 Å². The highest BCUT2D eigenvalue weighted by Gasteiger charge is 2.29. The number of amidine groups is 1. The van der Waals surface area contributed by atoms with Crippen LogP contribution < -0.4 is 11.1 Å². The first-order valence-corrected chi connectivity index (χ1v) is 10.0. The molecule has 142 valence electrons. The monoisotopic (exact) mass is 391 g/mol. The van der Waals surface area contributed by atoms with Gasteiger partial charge in [-0.25, -0.2) is 4.98 Å². The van der Waals surface area contributed by atoms with Crippen LogP contribution in [0.5, 0.6) is 0 Å². The molecule has 1 unspecified atom stereocenters. The Bertz CT molecular complexity index is 1010. The van der Waals surface area contributed by atoms with E-state index in [-0.39, 0.29) is 11.4 Å². The van der Waals surface area contributed by atoms with Gasteiger partial charge in [0.2, 0.25) is 0 Å². The van der Waals surface area contributed by atoms with Gasteiger partial charge in [-0.15, -0.1) is 0 Å². The number of hydrogen-bond acceptors (Lipinski definition) is 5. The molecule has 1 aliphatic rings. The summed E-state index contributed by atoms with van der Waals surface area (Å²) in [4.78, 5) is 21.3. The Morgan fingerprint density at radius 3 is 2.79 bits per heavy atom. The lowest BCUT2D eigenvalue weighted by molar-refractivity contribution is 0.102. The van der Waals surface area contributed by atoms with Crippen molar-refractivity contribution in [2.24, 2.45) is 10.7 Å². The normalized spacial score (nSPS) is 19.1. The molecule has 6 nitrogen and oxygen atoms in total. The van der Waals surface area contributed by atoms with Gasteiger partial charge < -0.3 is 15.6 Å². The number of anilines is 1.